The minimum absolute atomic E-state index is 0.204. The van der Waals surface area contributed by atoms with E-state index < -0.39 is 0 Å². The number of hydrogen-bond donors (Lipinski definition) is 1. The molecule has 1 aliphatic rings. The third-order valence-electron chi connectivity index (χ3n) is 3.31. The Morgan fingerprint density at radius 1 is 1.29 bits per heavy atom. The largest absolute Gasteiger partial charge is 0.490 e. The fourth-order valence-electron chi connectivity index (χ4n) is 2.35. The van der Waals surface area contributed by atoms with Crippen molar-refractivity contribution >= 4 is 0 Å². The fraction of sp³-hybridized carbons (Fsp3) is 0.571. The zero-order valence-electron chi connectivity index (χ0n) is 10.3. The molecule has 2 N–H and O–H groups in total. The standard InChI is InChI=1S/C14H20FNO/c1-10(16)13-9-11(15)7-8-14(13)17-12-5-3-2-4-6-12/h7-10,12H,2-6,16H2,1H3/t10-/m1/s1. The van der Waals surface area contributed by atoms with Gasteiger partial charge in [-0.15, -0.1) is 0 Å². The summed E-state index contributed by atoms with van der Waals surface area (Å²) in [6, 6.07) is 4.40. The highest BCUT2D eigenvalue weighted by molar-refractivity contribution is 5.36. The predicted octanol–water partition coefficient (Wildman–Crippen LogP) is 3.56. The van der Waals surface area contributed by atoms with E-state index in [1.807, 2.05) is 6.92 Å². The molecule has 2 rings (SSSR count). The lowest BCUT2D eigenvalue weighted by atomic mass is 9.97. The predicted molar refractivity (Wildman–Crippen MR) is 66.5 cm³/mol. The lowest BCUT2D eigenvalue weighted by Crippen LogP contribution is -2.21. The molecule has 1 atom stereocenters. The summed E-state index contributed by atoms with van der Waals surface area (Å²) < 4.78 is 19.1. The molecule has 1 aromatic rings. The lowest BCUT2D eigenvalue weighted by Gasteiger charge is -2.25. The van der Waals surface area contributed by atoms with Gasteiger partial charge in [-0.05, 0) is 50.8 Å². The summed E-state index contributed by atoms with van der Waals surface area (Å²) in [5.41, 5.74) is 6.60. The first-order valence-electron chi connectivity index (χ1n) is 6.38. The molecule has 94 valence electrons. The first-order valence-corrected chi connectivity index (χ1v) is 6.38. The molecule has 0 spiro atoms. The number of rotatable bonds is 3. The third kappa shape index (κ3) is 3.19. The Bertz CT molecular complexity index is 372. The maximum absolute atomic E-state index is 13.2. The van der Waals surface area contributed by atoms with Gasteiger partial charge in [-0.25, -0.2) is 4.39 Å². The summed E-state index contributed by atoms with van der Waals surface area (Å²) in [5, 5.41) is 0. The molecule has 1 saturated carbocycles. The van der Waals surface area contributed by atoms with Crippen molar-refractivity contribution in [2.24, 2.45) is 5.73 Å². The molecule has 3 heteroatoms. The molecule has 0 heterocycles. The molecule has 0 radical (unpaired) electrons. The molecular formula is C14H20FNO. The summed E-state index contributed by atoms with van der Waals surface area (Å²) in [4.78, 5) is 0. The SMILES string of the molecule is C[C@@H](N)c1cc(F)ccc1OC1CCCCC1. The summed E-state index contributed by atoms with van der Waals surface area (Å²) in [7, 11) is 0. The highest BCUT2D eigenvalue weighted by Crippen LogP contribution is 2.29. The molecule has 1 fully saturated rings. The van der Waals surface area contributed by atoms with Gasteiger partial charge < -0.3 is 10.5 Å². The van der Waals surface area contributed by atoms with Gasteiger partial charge in [0.25, 0.3) is 0 Å². The van der Waals surface area contributed by atoms with Crippen molar-refractivity contribution in [1.82, 2.24) is 0 Å². The summed E-state index contributed by atoms with van der Waals surface area (Å²) in [6.07, 6.45) is 6.19. The van der Waals surface area contributed by atoms with Crippen LogP contribution in [-0.4, -0.2) is 6.10 Å². The van der Waals surface area contributed by atoms with Gasteiger partial charge in [0.1, 0.15) is 11.6 Å². The van der Waals surface area contributed by atoms with Crippen molar-refractivity contribution in [2.75, 3.05) is 0 Å². The average molecular weight is 237 g/mol. The summed E-state index contributed by atoms with van der Waals surface area (Å²) >= 11 is 0. The first-order chi connectivity index (χ1) is 8.16. The van der Waals surface area contributed by atoms with Gasteiger partial charge >= 0.3 is 0 Å². The average Bonchev–Trinajstić information content (AvgIpc) is 2.32. The molecular weight excluding hydrogens is 217 g/mol. The molecule has 0 aliphatic heterocycles. The zero-order valence-corrected chi connectivity index (χ0v) is 10.3. The summed E-state index contributed by atoms with van der Waals surface area (Å²) in [6.45, 7) is 1.85. The molecule has 0 aromatic heterocycles. The molecule has 17 heavy (non-hydrogen) atoms. The maximum atomic E-state index is 13.2. The van der Waals surface area contributed by atoms with Gasteiger partial charge in [0.2, 0.25) is 0 Å². The van der Waals surface area contributed by atoms with Gasteiger partial charge in [-0.2, -0.15) is 0 Å². The van der Waals surface area contributed by atoms with E-state index in [9.17, 15) is 4.39 Å². The van der Waals surface area contributed by atoms with Crippen LogP contribution in [0.5, 0.6) is 5.75 Å². The van der Waals surface area contributed by atoms with E-state index in [-0.39, 0.29) is 18.0 Å². The second kappa shape index (κ2) is 5.50. The van der Waals surface area contributed by atoms with E-state index >= 15 is 0 Å². The van der Waals surface area contributed by atoms with Gasteiger partial charge in [-0.1, -0.05) is 6.42 Å². The van der Waals surface area contributed by atoms with Crippen LogP contribution < -0.4 is 10.5 Å². The fourth-order valence-corrected chi connectivity index (χ4v) is 2.35. The van der Waals surface area contributed by atoms with E-state index in [2.05, 4.69) is 0 Å². The first kappa shape index (κ1) is 12.4. The Labute approximate surface area is 102 Å². The van der Waals surface area contributed by atoms with Crippen LogP contribution in [0.15, 0.2) is 18.2 Å². The van der Waals surface area contributed by atoms with Crippen LogP contribution in [0.2, 0.25) is 0 Å². The van der Waals surface area contributed by atoms with Crippen LogP contribution in [0.3, 0.4) is 0 Å². The second-order valence-electron chi connectivity index (χ2n) is 4.85. The van der Waals surface area contributed by atoms with Crippen molar-refractivity contribution in [3.05, 3.63) is 29.6 Å². The Balaban J connectivity index is 2.13. The highest BCUT2D eigenvalue weighted by Gasteiger charge is 2.17. The van der Waals surface area contributed by atoms with Crippen LogP contribution in [0.25, 0.3) is 0 Å². The molecule has 2 nitrogen and oxygen atoms in total. The van der Waals surface area contributed by atoms with E-state index in [0.29, 0.717) is 0 Å². The maximum Gasteiger partial charge on any atom is 0.124 e. The molecule has 1 aliphatic carbocycles. The Hall–Kier alpha value is -1.09. The number of benzene rings is 1. The van der Waals surface area contributed by atoms with Crippen LogP contribution >= 0.6 is 0 Å². The third-order valence-corrected chi connectivity index (χ3v) is 3.31. The Morgan fingerprint density at radius 3 is 2.65 bits per heavy atom. The van der Waals surface area contributed by atoms with E-state index in [0.717, 1.165) is 24.2 Å². The topological polar surface area (TPSA) is 35.2 Å². The number of halogens is 1. The number of nitrogens with two attached hydrogens (primary N) is 1. The normalized spacial score (nSPS) is 19.0. The summed E-state index contributed by atoms with van der Waals surface area (Å²) in [5.74, 6) is 0.488. The van der Waals surface area contributed by atoms with E-state index in [1.54, 1.807) is 6.07 Å². The smallest absolute Gasteiger partial charge is 0.124 e. The molecule has 0 unspecified atom stereocenters. The van der Waals surface area contributed by atoms with Gasteiger partial charge in [-0.3, -0.25) is 0 Å². The van der Waals surface area contributed by atoms with Crippen molar-refractivity contribution in [3.63, 3.8) is 0 Å². The quantitative estimate of drug-likeness (QED) is 0.872. The number of ether oxygens (including phenoxy) is 1. The highest BCUT2D eigenvalue weighted by atomic mass is 19.1. The molecule has 0 bridgehead atoms. The van der Waals surface area contributed by atoms with Crippen LogP contribution in [0, 0.1) is 5.82 Å². The Morgan fingerprint density at radius 2 is 2.00 bits per heavy atom. The van der Waals surface area contributed by atoms with Crippen LogP contribution in [-0.2, 0) is 0 Å². The zero-order chi connectivity index (χ0) is 12.3. The Kier molecular flexibility index (Phi) is 4.00. The monoisotopic (exact) mass is 237 g/mol. The van der Waals surface area contributed by atoms with Gasteiger partial charge in [0.05, 0.1) is 6.10 Å². The number of hydrogen-bond acceptors (Lipinski definition) is 2. The van der Waals surface area contributed by atoms with Crippen molar-refractivity contribution in [1.29, 1.82) is 0 Å². The minimum atomic E-state index is -0.256. The van der Waals surface area contributed by atoms with Crippen molar-refractivity contribution < 1.29 is 9.13 Å². The second-order valence-corrected chi connectivity index (χ2v) is 4.85. The minimum Gasteiger partial charge on any atom is -0.490 e. The lowest BCUT2D eigenvalue weighted by molar-refractivity contribution is 0.153. The molecule has 1 aromatic carbocycles. The van der Waals surface area contributed by atoms with Gasteiger partial charge in [0.15, 0.2) is 0 Å². The van der Waals surface area contributed by atoms with Crippen molar-refractivity contribution in [3.8, 4) is 5.75 Å². The van der Waals surface area contributed by atoms with Crippen molar-refractivity contribution in [2.45, 2.75) is 51.2 Å². The van der Waals surface area contributed by atoms with E-state index in [4.69, 9.17) is 10.5 Å². The van der Waals surface area contributed by atoms with Gasteiger partial charge in [0, 0.05) is 11.6 Å². The van der Waals surface area contributed by atoms with Crippen LogP contribution in [0.4, 0.5) is 4.39 Å². The van der Waals surface area contributed by atoms with Crippen LogP contribution in [0.1, 0.15) is 50.6 Å². The molecule has 0 saturated heterocycles. The van der Waals surface area contributed by atoms with E-state index in [1.165, 1.54) is 31.4 Å². The molecule has 0 amide bonds.